The Labute approximate surface area is 175 Å². The average Bonchev–Trinajstić information content (AvgIpc) is 2.75. The Balaban J connectivity index is 1.43. The second-order valence-electron chi connectivity index (χ2n) is 7.92. The molecular formula is C20H28N8O2. The SMILES string of the molecule is Cc1cc(N2CCN(C)CC2)nc(N2CCN(C(=O)c3ccc(=O)n(C)n3)CC2)n1. The molecule has 2 fully saturated rings. The maximum absolute atomic E-state index is 12.7. The summed E-state index contributed by atoms with van der Waals surface area (Å²) in [5, 5.41) is 4.07. The minimum absolute atomic E-state index is 0.159. The van der Waals surface area contributed by atoms with Crippen molar-refractivity contribution in [2.75, 3.05) is 69.2 Å². The van der Waals surface area contributed by atoms with Crippen LogP contribution in [0, 0.1) is 6.92 Å². The first kappa shape index (κ1) is 20.3. The number of carbonyl (C=O) groups is 1. The van der Waals surface area contributed by atoms with E-state index in [0.717, 1.165) is 43.6 Å². The van der Waals surface area contributed by atoms with E-state index in [1.165, 1.54) is 16.8 Å². The van der Waals surface area contributed by atoms with Gasteiger partial charge in [-0.2, -0.15) is 10.1 Å². The van der Waals surface area contributed by atoms with Crippen LogP contribution in [0.2, 0.25) is 0 Å². The molecule has 0 radical (unpaired) electrons. The fourth-order valence-electron chi connectivity index (χ4n) is 3.76. The second-order valence-corrected chi connectivity index (χ2v) is 7.92. The monoisotopic (exact) mass is 412 g/mol. The molecule has 0 aromatic carbocycles. The highest BCUT2D eigenvalue weighted by molar-refractivity contribution is 5.92. The number of aromatic nitrogens is 4. The summed E-state index contributed by atoms with van der Waals surface area (Å²) in [6.07, 6.45) is 0. The van der Waals surface area contributed by atoms with Crippen molar-refractivity contribution in [2.45, 2.75) is 6.92 Å². The van der Waals surface area contributed by atoms with Gasteiger partial charge in [0.15, 0.2) is 0 Å². The van der Waals surface area contributed by atoms with E-state index >= 15 is 0 Å². The number of hydrogen-bond acceptors (Lipinski definition) is 8. The van der Waals surface area contributed by atoms with Crippen molar-refractivity contribution < 1.29 is 4.79 Å². The summed E-state index contributed by atoms with van der Waals surface area (Å²) < 4.78 is 1.18. The van der Waals surface area contributed by atoms with Crippen LogP contribution in [0.3, 0.4) is 0 Å². The van der Waals surface area contributed by atoms with Crippen LogP contribution in [0.15, 0.2) is 23.0 Å². The van der Waals surface area contributed by atoms with E-state index in [4.69, 9.17) is 4.98 Å². The molecule has 0 saturated carbocycles. The first-order valence-corrected chi connectivity index (χ1v) is 10.3. The van der Waals surface area contributed by atoms with Gasteiger partial charge in [-0.25, -0.2) is 9.67 Å². The van der Waals surface area contributed by atoms with Gasteiger partial charge in [0.1, 0.15) is 11.5 Å². The van der Waals surface area contributed by atoms with Crippen molar-refractivity contribution in [1.29, 1.82) is 0 Å². The van der Waals surface area contributed by atoms with E-state index in [2.05, 4.69) is 31.8 Å². The summed E-state index contributed by atoms with van der Waals surface area (Å²) in [6.45, 7) is 8.40. The zero-order valence-electron chi connectivity index (χ0n) is 17.8. The van der Waals surface area contributed by atoms with Crippen molar-refractivity contribution in [2.24, 2.45) is 7.05 Å². The van der Waals surface area contributed by atoms with Crippen LogP contribution in [0.5, 0.6) is 0 Å². The van der Waals surface area contributed by atoms with Gasteiger partial charge in [0.05, 0.1) is 0 Å². The van der Waals surface area contributed by atoms with E-state index in [0.29, 0.717) is 26.2 Å². The lowest BCUT2D eigenvalue weighted by atomic mass is 10.2. The Hall–Kier alpha value is -3.01. The van der Waals surface area contributed by atoms with Crippen molar-refractivity contribution in [3.8, 4) is 0 Å². The lowest BCUT2D eigenvalue weighted by Gasteiger charge is -2.36. The summed E-state index contributed by atoms with van der Waals surface area (Å²) in [5.41, 5.74) is 1.00. The first-order valence-electron chi connectivity index (χ1n) is 10.3. The van der Waals surface area contributed by atoms with E-state index in [1.807, 2.05) is 13.0 Å². The molecule has 2 aromatic rings. The van der Waals surface area contributed by atoms with E-state index in [9.17, 15) is 9.59 Å². The number of rotatable bonds is 3. The van der Waals surface area contributed by atoms with Crippen LogP contribution in [0.25, 0.3) is 0 Å². The molecule has 30 heavy (non-hydrogen) atoms. The highest BCUT2D eigenvalue weighted by Crippen LogP contribution is 2.20. The molecule has 2 aliphatic heterocycles. The molecular weight excluding hydrogens is 384 g/mol. The van der Waals surface area contributed by atoms with Gasteiger partial charge >= 0.3 is 0 Å². The van der Waals surface area contributed by atoms with Gasteiger partial charge in [-0.1, -0.05) is 0 Å². The fourth-order valence-corrected chi connectivity index (χ4v) is 3.76. The molecule has 0 unspecified atom stereocenters. The summed E-state index contributed by atoms with van der Waals surface area (Å²) in [6, 6.07) is 4.90. The molecule has 2 saturated heterocycles. The third-order valence-corrected chi connectivity index (χ3v) is 5.69. The highest BCUT2D eigenvalue weighted by atomic mass is 16.2. The molecule has 1 amide bonds. The maximum atomic E-state index is 12.7. The van der Waals surface area contributed by atoms with E-state index in [-0.39, 0.29) is 17.2 Å². The number of hydrogen-bond donors (Lipinski definition) is 0. The topological polar surface area (TPSA) is 90.7 Å². The normalized spacial score (nSPS) is 18.0. The number of piperazine rings is 2. The molecule has 0 atom stereocenters. The van der Waals surface area contributed by atoms with Crippen molar-refractivity contribution in [3.05, 3.63) is 39.9 Å². The van der Waals surface area contributed by atoms with Crippen molar-refractivity contribution in [1.82, 2.24) is 29.5 Å². The Morgan fingerprint density at radius 2 is 1.57 bits per heavy atom. The second kappa shape index (κ2) is 8.39. The number of carbonyl (C=O) groups excluding carboxylic acids is 1. The molecule has 0 bridgehead atoms. The molecule has 4 heterocycles. The Bertz CT molecular complexity index is 975. The lowest BCUT2D eigenvalue weighted by molar-refractivity contribution is 0.0737. The Morgan fingerprint density at radius 1 is 0.900 bits per heavy atom. The van der Waals surface area contributed by atoms with Crippen LogP contribution in [0.1, 0.15) is 16.2 Å². The smallest absolute Gasteiger partial charge is 0.274 e. The molecule has 0 spiro atoms. The number of amides is 1. The number of likely N-dealkylation sites (N-methyl/N-ethyl adjacent to an activating group) is 1. The summed E-state index contributed by atoms with van der Waals surface area (Å²) >= 11 is 0. The van der Waals surface area contributed by atoms with Crippen LogP contribution in [-0.2, 0) is 7.05 Å². The summed E-state index contributed by atoms with van der Waals surface area (Å²) in [4.78, 5) is 42.2. The average molecular weight is 412 g/mol. The van der Waals surface area contributed by atoms with Gasteiger partial charge in [-0.15, -0.1) is 0 Å². The van der Waals surface area contributed by atoms with Gasteiger partial charge in [0.25, 0.3) is 11.5 Å². The number of anilines is 2. The largest absolute Gasteiger partial charge is 0.354 e. The summed E-state index contributed by atoms with van der Waals surface area (Å²) in [5.74, 6) is 1.53. The minimum Gasteiger partial charge on any atom is -0.354 e. The predicted octanol–water partition coefficient (Wildman–Crippen LogP) is -0.407. The quantitative estimate of drug-likeness (QED) is 0.672. The van der Waals surface area contributed by atoms with E-state index in [1.54, 1.807) is 11.9 Å². The van der Waals surface area contributed by atoms with Gasteiger partial charge in [0, 0.05) is 77.2 Å². The van der Waals surface area contributed by atoms with Gasteiger partial charge in [-0.05, 0) is 20.0 Å². The Kier molecular flexibility index (Phi) is 5.67. The maximum Gasteiger partial charge on any atom is 0.274 e. The van der Waals surface area contributed by atoms with Crippen molar-refractivity contribution in [3.63, 3.8) is 0 Å². The molecule has 4 rings (SSSR count). The standard InChI is InChI=1S/C20H28N8O2/c1-15-14-17(26-8-6-24(2)7-9-26)22-20(21-15)28-12-10-27(11-13-28)19(30)16-4-5-18(29)25(3)23-16/h4-5,14H,6-13H2,1-3H3. The third-order valence-electron chi connectivity index (χ3n) is 5.69. The molecule has 2 aromatic heterocycles. The van der Waals surface area contributed by atoms with Crippen LogP contribution >= 0.6 is 0 Å². The van der Waals surface area contributed by atoms with Gasteiger partial charge in [0.2, 0.25) is 5.95 Å². The van der Waals surface area contributed by atoms with E-state index < -0.39 is 0 Å². The lowest BCUT2D eigenvalue weighted by Crippen LogP contribution is -2.50. The fraction of sp³-hybridized carbons (Fsp3) is 0.550. The Morgan fingerprint density at radius 3 is 2.23 bits per heavy atom. The van der Waals surface area contributed by atoms with Crippen molar-refractivity contribution >= 4 is 17.7 Å². The number of nitrogens with zero attached hydrogens (tertiary/aromatic N) is 8. The number of aryl methyl sites for hydroxylation is 2. The zero-order chi connectivity index (χ0) is 21.3. The van der Waals surface area contributed by atoms with Crippen LogP contribution in [0.4, 0.5) is 11.8 Å². The zero-order valence-corrected chi connectivity index (χ0v) is 17.8. The first-order chi connectivity index (χ1) is 14.4. The molecule has 160 valence electrons. The van der Waals surface area contributed by atoms with Crippen LogP contribution in [-0.4, -0.2) is 94.9 Å². The highest BCUT2D eigenvalue weighted by Gasteiger charge is 2.25. The molecule has 0 aliphatic carbocycles. The molecule has 10 nitrogen and oxygen atoms in total. The third kappa shape index (κ3) is 4.28. The predicted molar refractivity (Wildman–Crippen MR) is 114 cm³/mol. The van der Waals surface area contributed by atoms with Gasteiger partial charge < -0.3 is 19.6 Å². The molecule has 10 heteroatoms. The molecule has 2 aliphatic rings. The molecule has 0 N–H and O–H groups in total. The van der Waals surface area contributed by atoms with Crippen LogP contribution < -0.4 is 15.4 Å². The van der Waals surface area contributed by atoms with Gasteiger partial charge in [-0.3, -0.25) is 9.59 Å². The summed E-state index contributed by atoms with van der Waals surface area (Å²) in [7, 11) is 3.68. The minimum atomic E-state index is -0.232.